The van der Waals surface area contributed by atoms with E-state index >= 15 is 0 Å². The lowest BCUT2D eigenvalue weighted by molar-refractivity contribution is 0.0774. The highest BCUT2D eigenvalue weighted by atomic mass is 19.1. The second kappa shape index (κ2) is 11.3. The van der Waals surface area contributed by atoms with Crippen LogP contribution in [0.4, 0.5) is 10.3 Å². The number of anilines is 1. The van der Waals surface area contributed by atoms with E-state index in [-0.39, 0.29) is 17.0 Å². The van der Waals surface area contributed by atoms with Crippen molar-refractivity contribution in [2.45, 2.75) is 32.7 Å². The van der Waals surface area contributed by atoms with Crippen LogP contribution in [0, 0.1) is 17.1 Å². The minimum absolute atomic E-state index is 0.191. The molecule has 1 amide bonds. The number of hydrogen-bond acceptors (Lipinski definition) is 7. The predicted molar refractivity (Wildman–Crippen MR) is 133 cm³/mol. The molecule has 1 atom stereocenters. The second-order valence-corrected chi connectivity index (χ2v) is 8.83. The molecule has 1 fully saturated rings. The molecular weight excluding hydrogens is 461 g/mol. The molecule has 0 bridgehead atoms. The first kappa shape index (κ1) is 25.3. The molecule has 1 saturated heterocycles. The van der Waals surface area contributed by atoms with Crippen molar-refractivity contribution < 1.29 is 13.9 Å². The van der Waals surface area contributed by atoms with Crippen molar-refractivity contribution in [3.05, 3.63) is 59.3 Å². The number of likely N-dealkylation sites (N-methyl/N-ethyl adjacent to an activating group) is 1. The average molecular weight is 492 g/mol. The van der Waals surface area contributed by atoms with Crippen LogP contribution in [0.15, 0.2) is 36.7 Å². The number of amides is 1. The summed E-state index contributed by atoms with van der Waals surface area (Å²) < 4.78 is 22.0. The highest BCUT2D eigenvalue weighted by Crippen LogP contribution is 2.32. The molecule has 0 N–H and O–H groups in total. The van der Waals surface area contributed by atoms with Crippen LogP contribution in [0.25, 0.3) is 11.3 Å². The monoisotopic (exact) mass is 491 g/mol. The van der Waals surface area contributed by atoms with E-state index in [9.17, 15) is 9.18 Å². The van der Waals surface area contributed by atoms with Gasteiger partial charge in [0.15, 0.2) is 0 Å². The highest BCUT2D eigenvalue weighted by Gasteiger charge is 2.30. The number of carbonyl (C=O) groups is 1. The van der Waals surface area contributed by atoms with Crippen molar-refractivity contribution in [1.82, 2.24) is 24.6 Å². The minimum Gasteiger partial charge on any atom is -0.378 e. The number of aromatic nitrogens is 4. The third-order valence-electron chi connectivity index (χ3n) is 6.46. The molecule has 2 aromatic heterocycles. The molecule has 0 radical (unpaired) electrons. The number of nitriles is 1. The van der Waals surface area contributed by atoms with Gasteiger partial charge in [0.1, 0.15) is 11.5 Å². The zero-order chi connectivity index (χ0) is 25.7. The van der Waals surface area contributed by atoms with Gasteiger partial charge in [-0.3, -0.25) is 9.48 Å². The van der Waals surface area contributed by atoms with Crippen molar-refractivity contribution in [2.75, 3.05) is 44.8 Å². The zero-order valence-electron chi connectivity index (χ0n) is 20.8. The molecular formula is C26H30FN7O2. The molecule has 9 nitrogen and oxygen atoms in total. The van der Waals surface area contributed by atoms with Crippen molar-refractivity contribution in [3.63, 3.8) is 0 Å². The summed E-state index contributed by atoms with van der Waals surface area (Å²) in [6.07, 6.45) is 5.50. The Morgan fingerprint density at radius 1 is 1.19 bits per heavy atom. The molecule has 2 aliphatic heterocycles. The maximum absolute atomic E-state index is 14.7. The van der Waals surface area contributed by atoms with Crippen LogP contribution in [0.5, 0.6) is 0 Å². The van der Waals surface area contributed by atoms with Crippen molar-refractivity contribution in [1.29, 1.82) is 5.26 Å². The summed E-state index contributed by atoms with van der Waals surface area (Å²) in [6.45, 7) is 7.16. The van der Waals surface area contributed by atoms with E-state index in [0.717, 1.165) is 6.42 Å². The number of nitrogens with zero attached hydrogens (tertiary/aromatic N) is 7. The highest BCUT2D eigenvalue weighted by molar-refractivity contribution is 5.96. The third-order valence-corrected chi connectivity index (χ3v) is 6.46. The Kier molecular flexibility index (Phi) is 7.90. The first-order chi connectivity index (χ1) is 17.4. The van der Waals surface area contributed by atoms with E-state index < -0.39 is 5.82 Å². The summed E-state index contributed by atoms with van der Waals surface area (Å²) in [7, 11) is 1.73. The number of carbonyl (C=O) groups excluding carboxylic acids is 1. The van der Waals surface area contributed by atoms with E-state index in [0.29, 0.717) is 68.2 Å². The van der Waals surface area contributed by atoms with E-state index in [4.69, 9.17) is 10.00 Å². The number of ether oxygens (including phenoxy) is 1. The Morgan fingerprint density at radius 3 is 2.58 bits per heavy atom. The summed E-state index contributed by atoms with van der Waals surface area (Å²) in [6, 6.07) is 8.71. The normalized spacial score (nSPS) is 16.0. The zero-order valence-corrected chi connectivity index (χ0v) is 20.8. The fraction of sp³-hybridized carbons (Fsp3) is 0.423. The van der Waals surface area contributed by atoms with Crippen LogP contribution in [0.2, 0.25) is 0 Å². The Morgan fingerprint density at radius 2 is 1.94 bits per heavy atom. The minimum atomic E-state index is -0.533. The van der Waals surface area contributed by atoms with Crippen LogP contribution in [0.1, 0.15) is 47.9 Å². The molecule has 0 saturated carbocycles. The van der Waals surface area contributed by atoms with Gasteiger partial charge in [-0.25, -0.2) is 14.4 Å². The molecule has 1 aromatic carbocycles. The average Bonchev–Trinajstić information content (AvgIpc) is 3.46. The SMILES string of the molecule is CCC(C)n1cccn1.CN1CCc2c(nc(N3CCOCC3)nc2-c2ccc(C#N)cc2F)C1=O. The van der Waals surface area contributed by atoms with Crippen molar-refractivity contribution >= 4 is 11.9 Å². The van der Waals surface area contributed by atoms with E-state index in [2.05, 4.69) is 28.9 Å². The van der Waals surface area contributed by atoms with Gasteiger partial charge >= 0.3 is 0 Å². The molecule has 188 valence electrons. The van der Waals surface area contributed by atoms with Gasteiger partial charge in [-0.2, -0.15) is 10.4 Å². The molecule has 0 spiro atoms. The molecule has 10 heteroatoms. The fourth-order valence-corrected chi connectivity index (χ4v) is 4.08. The summed E-state index contributed by atoms with van der Waals surface area (Å²) in [4.78, 5) is 25.4. The molecule has 4 heterocycles. The second-order valence-electron chi connectivity index (χ2n) is 8.83. The number of benzene rings is 1. The van der Waals surface area contributed by atoms with E-state index in [1.54, 1.807) is 24.1 Å². The van der Waals surface area contributed by atoms with E-state index in [1.165, 1.54) is 6.07 Å². The quantitative estimate of drug-likeness (QED) is 0.551. The number of rotatable bonds is 4. The maximum atomic E-state index is 14.7. The standard InChI is InChI=1S/C19H18FN5O2.C7H12N2/c1-24-5-4-14-16(13-3-2-12(11-21)10-15(13)20)22-19(23-17(14)18(24)26)25-6-8-27-9-7-25;1-3-7(2)9-6-4-5-8-9/h2-3,10H,4-9H2,1H3;4-7H,3H2,1-2H3. The number of halogens is 1. The maximum Gasteiger partial charge on any atom is 0.272 e. The largest absolute Gasteiger partial charge is 0.378 e. The summed E-state index contributed by atoms with van der Waals surface area (Å²) in [5.41, 5.74) is 1.91. The molecule has 3 aromatic rings. The van der Waals surface area contributed by atoms with Gasteiger partial charge in [-0.05, 0) is 44.0 Å². The summed E-state index contributed by atoms with van der Waals surface area (Å²) in [5, 5.41) is 13.1. The number of hydrogen-bond donors (Lipinski definition) is 0. The van der Waals surface area contributed by atoms with Crippen LogP contribution < -0.4 is 4.90 Å². The molecule has 2 aliphatic rings. The first-order valence-corrected chi connectivity index (χ1v) is 12.1. The molecule has 36 heavy (non-hydrogen) atoms. The Bertz CT molecular complexity index is 1250. The molecule has 1 unspecified atom stereocenters. The van der Waals surface area contributed by atoms with Crippen LogP contribution in [-0.2, 0) is 11.2 Å². The topological polar surface area (TPSA) is 100 Å². The van der Waals surface area contributed by atoms with E-state index in [1.807, 2.05) is 34.1 Å². The van der Waals surface area contributed by atoms with Gasteiger partial charge in [-0.15, -0.1) is 0 Å². The Labute approximate surface area is 210 Å². The Balaban J connectivity index is 0.000000286. The Hall–Kier alpha value is -3.84. The first-order valence-electron chi connectivity index (χ1n) is 12.1. The van der Waals surface area contributed by atoms with Gasteiger partial charge in [0.25, 0.3) is 5.91 Å². The van der Waals surface area contributed by atoms with Gasteiger partial charge in [0.2, 0.25) is 5.95 Å². The van der Waals surface area contributed by atoms with Gasteiger partial charge < -0.3 is 14.5 Å². The summed E-state index contributed by atoms with van der Waals surface area (Å²) >= 11 is 0. The lowest BCUT2D eigenvalue weighted by atomic mass is 9.97. The predicted octanol–water partition coefficient (Wildman–Crippen LogP) is 3.47. The number of morpholine rings is 1. The summed E-state index contributed by atoms with van der Waals surface area (Å²) in [5.74, 6) is -0.322. The van der Waals surface area contributed by atoms with Crippen LogP contribution in [-0.4, -0.2) is 70.5 Å². The van der Waals surface area contributed by atoms with Crippen LogP contribution in [0.3, 0.4) is 0 Å². The number of fused-ring (bicyclic) bond motifs is 1. The fourth-order valence-electron chi connectivity index (χ4n) is 4.08. The van der Waals surface area contributed by atoms with Crippen molar-refractivity contribution in [2.24, 2.45) is 0 Å². The third kappa shape index (κ3) is 5.36. The van der Waals surface area contributed by atoms with Gasteiger partial charge in [-0.1, -0.05) is 6.92 Å². The lowest BCUT2D eigenvalue weighted by Crippen LogP contribution is -2.40. The van der Waals surface area contributed by atoms with Crippen LogP contribution >= 0.6 is 0 Å². The lowest BCUT2D eigenvalue weighted by Gasteiger charge is -2.30. The molecule has 0 aliphatic carbocycles. The van der Waals surface area contributed by atoms with Gasteiger partial charge in [0, 0.05) is 56.2 Å². The van der Waals surface area contributed by atoms with Crippen molar-refractivity contribution in [3.8, 4) is 17.3 Å². The molecule has 5 rings (SSSR count). The smallest absolute Gasteiger partial charge is 0.272 e. The van der Waals surface area contributed by atoms with Gasteiger partial charge in [0.05, 0.1) is 30.5 Å².